The highest BCUT2D eigenvalue weighted by Gasteiger charge is 2.12. The molecule has 0 saturated carbocycles. The van der Waals surface area contributed by atoms with Gasteiger partial charge in [0.05, 0.1) is 19.0 Å². The number of ether oxygens (including phenoxy) is 1. The molecule has 0 aliphatic carbocycles. The highest BCUT2D eigenvalue weighted by molar-refractivity contribution is 5.99. The number of carbonyl (C=O) groups excluding carboxylic acids is 1. The number of rotatable bonds is 9. The molecule has 186 valence electrons. The zero-order valence-corrected chi connectivity index (χ0v) is 20.8. The van der Waals surface area contributed by atoms with Gasteiger partial charge in [-0.2, -0.15) is 10.2 Å². The van der Waals surface area contributed by atoms with Crippen LogP contribution >= 0.6 is 0 Å². The number of nitrogens with one attached hydrogen (secondary N) is 3. The van der Waals surface area contributed by atoms with Crippen LogP contribution in [0, 0.1) is 11.3 Å². The van der Waals surface area contributed by atoms with Gasteiger partial charge in [-0.1, -0.05) is 36.4 Å². The van der Waals surface area contributed by atoms with Crippen LogP contribution in [0.5, 0.6) is 5.75 Å². The number of amides is 1. The van der Waals surface area contributed by atoms with Crippen molar-refractivity contribution in [3.63, 3.8) is 0 Å². The second-order valence-electron chi connectivity index (χ2n) is 8.45. The normalized spacial score (nSPS) is 10.9. The van der Waals surface area contributed by atoms with Crippen LogP contribution in [-0.4, -0.2) is 48.5 Å². The van der Waals surface area contributed by atoms with E-state index >= 15 is 0 Å². The van der Waals surface area contributed by atoms with Crippen molar-refractivity contribution in [3.05, 3.63) is 84.6 Å². The number of likely N-dealkylation sites (N-methyl/N-ethyl adjacent to an activating group) is 1. The molecule has 9 heteroatoms. The van der Waals surface area contributed by atoms with Crippen molar-refractivity contribution >= 4 is 45.5 Å². The van der Waals surface area contributed by atoms with E-state index in [-0.39, 0.29) is 11.9 Å². The molecule has 0 radical (unpaired) electrons. The number of nitriles is 1. The first-order chi connectivity index (χ1) is 17.9. The van der Waals surface area contributed by atoms with Gasteiger partial charge in [0.1, 0.15) is 17.4 Å². The third kappa shape index (κ3) is 6.60. The Hall–Kier alpha value is -4.94. The van der Waals surface area contributed by atoms with Crippen molar-refractivity contribution in [2.75, 3.05) is 43.7 Å². The summed E-state index contributed by atoms with van der Waals surface area (Å²) < 4.78 is 5.46. The van der Waals surface area contributed by atoms with Crippen LogP contribution in [0.4, 0.5) is 28.8 Å². The van der Waals surface area contributed by atoms with Gasteiger partial charge in [-0.25, -0.2) is 4.98 Å². The molecule has 1 aromatic heterocycles. The highest BCUT2D eigenvalue weighted by atomic mass is 16.5. The summed E-state index contributed by atoms with van der Waals surface area (Å²) in [4.78, 5) is 23.0. The molecule has 0 atom stereocenters. The SMILES string of the molecule is COc1ccc(NC(=O)/C=C/CN(C)C)cc1Nc1ncc(C#N)c(Nc2ccc3ccccc3c2)n1. The fourth-order valence-corrected chi connectivity index (χ4v) is 3.58. The van der Waals surface area contributed by atoms with Crippen molar-refractivity contribution < 1.29 is 9.53 Å². The Morgan fingerprint density at radius 3 is 2.59 bits per heavy atom. The Bertz CT molecular complexity index is 1490. The Kier molecular flexibility index (Phi) is 7.93. The number of fused-ring (bicyclic) bond motifs is 1. The number of hydrogen-bond acceptors (Lipinski definition) is 8. The fourth-order valence-electron chi connectivity index (χ4n) is 3.58. The van der Waals surface area contributed by atoms with E-state index in [0.29, 0.717) is 35.1 Å². The molecule has 4 rings (SSSR count). The molecule has 0 fully saturated rings. The van der Waals surface area contributed by atoms with Crippen LogP contribution in [0.3, 0.4) is 0 Å². The van der Waals surface area contributed by atoms with Gasteiger partial charge in [-0.05, 0) is 55.2 Å². The Morgan fingerprint density at radius 1 is 1.05 bits per heavy atom. The van der Waals surface area contributed by atoms with Gasteiger partial charge in [0.25, 0.3) is 0 Å². The maximum Gasteiger partial charge on any atom is 0.248 e. The number of benzene rings is 3. The van der Waals surface area contributed by atoms with Gasteiger partial charge < -0.3 is 25.6 Å². The molecular weight excluding hydrogens is 466 g/mol. The van der Waals surface area contributed by atoms with E-state index in [4.69, 9.17) is 4.74 Å². The van der Waals surface area contributed by atoms with E-state index in [1.54, 1.807) is 31.4 Å². The number of hydrogen-bond donors (Lipinski definition) is 3. The molecule has 3 aromatic carbocycles. The van der Waals surface area contributed by atoms with Crippen molar-refractivity contribution in [3.8, 4) is 11.8 Å². The largest absolute Gasteiger partial charge is 0.495 e. The fraction of sp³-hybridized carbons (Fsp3) is 0.143. The molecule has 0 saturated heterocycles. The van der Waals surface area contributed by atoms with Crippen LogP contribution in [0.25, 0.3) is 10.8 Å². The van der Waals surface area contributed by atoms with Crippen LogP contribution in [0.1, 0.15) is 5.56 Å². The Balaban J connectivity index is 1.56. The summed E-state index contributed by atoms with van der Waals surface area (Å²) in [5.74, 6) is 0.923. The number of methoxy groups -OCH3 is 1. The molecule has 0 unspecified atom stereocenters. The average Bonchev–Trinajstić information content (AvgIpc) is 2.89. The van der Waals surface area contributed by atoms with Gasteiger partial charge in [-0.3, -0.25) is 4.79 Å². The Morgan fingerprint density at radius 2 is 1.84 bits per heavy atom. The summed E-state index contributed by atoms with van der Waals surface area (Å²) in [6, 6.07) is 21.3. The predicted octanol–water partition coefficient (Wildman–Crippen LogP) is 5.05. The van der Waals surface area contributed by atoms with Crippen LogP contribution in [0.2, 0.25) is 0 Å². The van der Waals surface area contributed by atoms with E-state index < -0.39 is 0 Å². The maximum atomic E-state index is 12.3. The summed E-state index contributed by atoms with van der Waals surface area (Å²) in [6.07, 6.45) is 4.73. The molecule has 1 heterocycles. The molecule has 1 amide bonds. The summed E-state index contributed by atoms with van der Waals surface area (Å²) in [5, 5.41) is 21.0. The molecular formula is C28H27N7O2. The highest BCUT2D eigenvalue weighted by Crippen LogP contribution is 2.31. The topological polar surface area (TPSA) is 115 Å². The molecule has 9 nitrogen and oxygen atoms in total. The van der Waals surface area contributed by atoms with Crippen molar-refractivity contribution in [2.45, 2.75) is 0 Å². The molecule has 37 heavy (non-hydrogen) atoms. The van der Waals surface area contributed by atoms with Crippen LogP contribution < -0.4 is 20.7 Å². The van der Waals surface area contributed by atoms with Crippen LogP contribution in [-0.2, 0) is 4.79 Å². The van der Waals surface area contributed by atoms with E-state index in [0.717, 1.165) is 16.5 Å². The second kappa shape index (κ2) is 11.7. The Labute approximate surface area is 215 Å². The minimum atomic E-state index is -0.241. The lowest BCUT2D eigenvalue weighted by Crippen LogP contribution is -2.13. The van der Waals surface area contributed by atoms with Gasteiger partial charge in [-0.15, -0.1) is 0 Å². The lowest BCUT2D eigenvalue weighted by atomic mass is 10.1. The summed E-state index contributed by atoms with van der Waals surface area (Å²) >= 11 is 0. The smallest absolute Gasteiger partial charge is 0.248 e. The van der Waals surface area contributed by atoms with Gasteiger partial charge in [0, 0.05) is 24.0 Å². The van der Waals surface area contributed by atoms with Gasteiger partial charge >= 0.3 is 0 Å². The predicted molar refractivity (Wildman–Crippen MR) is 147 cm³/mol. The molecule has 0 aliphatic rings. The second-order valence-corrected chi connectivity index (χ2v) is 8.45. The zero-order chi connectivity index (χ0) is 26.2. The summed E-state index contributed by atoms with van der Waals surface area (Å²) in [7, 11) is 5.41. The summed E-state index contributed by atoms with van der Waals surface area (Å²) in [6.45, 7) is 0.661. The molecule has 3 N–H and O–H groups in total. The number of carbonyl (C=O) groups is 1. The van der Waals surface area contributed by atoms with E-state index in [9.17, 15) is 10.1 Å². The van der Waals surface area contributed by atoms with E-state index in [1.807, 2.05) is 61.5 Å². The standard InChI is InChI=1S/C28H27N7O2/c1-35(2)14-6-9-26(36)31-23-12-13-25(37-3)24(16-23)33-28-30-18-21(17-29)27(34-28)32-22-11-10-19-7-4-5-8-20(19)15-22/h4-13,15-16,18H,14H2,1-3H3,(H,31,36)(H2,30,32,33,34)/b9-6+. The number of aromatic nitrogens is 2. The number of nitrogens with zero attached hydrogens (tertiary/aromatic N) is 4. The van der Waals surface area contributed by atoms with E-state index in [1.165, 1.54) is 12.3 Å². The molecule has 4 aromatic rings. The molecule has 0 spiro atoms. The van der Waals surface area contributed by atoms with Gasteiger partial charge in [0.15, 0.2) is 5.82 Å². The number of anilines is 5. The lowest BCUT2D eigenvalue weighted by molar-refractivity contribution is -0.111. The summed E-state index contributed by atoms with van der Waals surface area (Å²) in [5.41, 5.74) is 2.23. The van der Waals surface area contributed by atoms with Crippen LogP contribution in [0.15, 0.2) is 79.0 Å². The minimum absolute atomic E-state index is 0.241. The zero-order valence-electron chi connectivity index (χ0n) is 20.8. The van der Waals surface area contributed by atoms with Gasteiger partial charge in [0.2, 0.25) is 11.9 Å². The third-order valence-corrected chi connectivity index (χ3v) is 5.37. The third-order valence-electron chi connectivity index (χ3n) is 5.37. The average molecular weight is 494 g/mol. The quantitative estimate of drug-likeness (QED) is 0.277. The first kappa shape index (κ1) is 25.2. The molecule has 0 aliphatic heterocycles. The maximum absolute atomic E-state index is 12.3. The van der Waals surface area contributed by atoms with Crippen molar-refractivity contribution in [1.29, 1.82) is 5.26 Å². The first-order valence-corrected chi connectivity index (χ1v) is 11.6. The minimum Gasteiger partial charge on any atom is -0.495 e. The van der Waals surface area contributed by atoms with E-state index in [2.05, 4.69) is 32.0 Å². The first-order valence-electron chi connectivity index (χ1n) is 11.6. The lowest BCUT2D eigenvalue weighted by Gasteiger charge is -2.14. The molecule has 0 bridgehead atoms. The van der Waals surface area contributed by atoms with Crippen molar-refractivity contribution in [2.24, 2.45) is 0 Å². The van der Waals surface area contributed by atoms with Crippen molar-refractivity contribution in [1.82, 2.24) is 14.9 Å². The monoisotopic (exact) mass is 493 g/mol.